The lowest BCUT2D eigenvalue weighted by Crippen LogP contribution is -2.27. The second kappa shape index (κ2) is 6.83. The summed E-state index contributed by atoms with van der Waals surface area (Å²) in [4.78, 5) is 0. The van der Waals surface area contributed by atoms with Gasteiger partial charge < -0.3 is 5.73 Å². The molecule has 0 heterocycles. The van der Waals surface area contributed by atoms with E-state index in [0.717, 1.165) is 16.7 Å². The van der Waals surface area contributed by atoms with E-state index in [4.69, 9.17) is 17.3 Å². The van der Waals surface area contributed by atoms with Gasteiger partial charge in [0.15, 0.2) is 0 Å². The minimum atomic E-state index is 0.190. The molecule has 1 aromatic carbocycles. The lowest BCUT2D eigenvalue weighted by Gasteiger charge is -2.26. The summed E-state index contributed by atoms with van der Waals surface area (Å²) < 4.78 is 0. The van der Waals surface area contributed by atoms with Gasteiger partial charge in [0.25, 0.3) is 0 Å². The fourth-order valence-electron chi connectivity index (χ4n) is 2.56. The minimum absolute atomic E-state index is 0.190. The molecule has 1 fully saturated rings. The molecule has 0 aliphatic heterocycles. The second-order valence-corrected chi connectivity index (χ2v) is 6.91. The van der Waals surface area contributed by atoms with Crippen LogP contribution in [0.3, 0.4) is 0 Å². The summed E-state index contributed by atoms with van der Waals surface area (Å²) >= 11 is 8.38. The molecule has 1 nitrogen and oxygen atoms in total. The van der Waals surface area contributed by atoms with Gasteiger partial charge in [0.1, 0.15) is 0 Å². The van der Waals surface area contributed by atoms with Crippen LogP contribution in [0.15, 0.2) is 24.3 Å². The van der Waals surface area contributed by atoms with Crippen LogP contribution >= 0.6 is 23.4 Å². The largest absolute Gasteiger partial charge is 0.326 e. The number of thioether (sulfide) groups is 1. The first kappa shape index (κ1) is 14.2. The molecule has 0 saturated heterocycles. The van der Waals surface area contributed by atoms with E-state index in [1.165, 1.54) is 31.2 Å². The lowest BCUT2D eigenvalue weighted by molar-refractivity contribution is 0.631. The number of hydrogen-bond donors (Lipinski definition) is 1. The van der Waals surface area contributed by atoms with E-state index >= 15 is 0 Å². The molecular weight excluding hydrogens is 262 g/mol. The quantitative estimate of drug-likeness (QED) is 0.840. The Morgan fingerprint density at radius 2 is 2.00 bits per heavy atom. The van der Waals surface area contributed by atoms with Crippen molar-refractivity contribution in [2.45, 2.75) is 55.6 Å². The number of hydrogen-bond acceptors (Lipinski definition) is 2. The molecule has 0 amide bonds. The van der Waals surface area contributed by atoms with E-state index < -0.39 is 0 Å². The maximum Gasteiger partial charge on any atom is 0.0465 e. The zero-order chi connectivity index (χ0) is 13.0. The molecule has 0 spiro atoms. The van der Waals surface area contributed by atoms with Gasteiger partial charge >= 0.3 is 0 Å². The van der Waals surface area contributed by atoms with Crippen molar-refractivity contribution in [2.24, 2.45) is 5.73 Å². The molecule has 18 heavy (non-hydrogen) atoms. The van der Waals surface area contributed by atoms with Crippen LogP contribution in [0, 0.1) is 0 Å². The summed E-state index contributed by atoms with van der Waals surface area (Å²) in [6.45, 7) is 2.16. The van der Waals surface area contributed by atoms with Gasteiger partial charge in [0, 0.05) is 21.6 Å². The first-order valence-corrected chi connectivity index (χ1v) is 8.20. The molecule has 100 valence electrons. The first-order chi connectivity index (χ1) is 8.72. The SMILES string of the molecule is CCC(N)C(SC1CCCC1)c1ccccc1Cl. The molecule has 1 aromatic rings. The summed E-state index contributed by atoms with van der Waals surface area (Å²) in [7, 11) is 0. The van der Waals surface area contributed by atoms with Gasteiger partial charge in [0.05, 0.1) is 0 Å². The lowest BCUT2D eigenvalue weighted by atomic mass is 10.0. The third-order valence-corrected chi connectivity index (χ3v) is 5.81. The second-order valence-electron chi connectivity index (χ2n) is 5.06. The maximum atomic E-state index is 6.34. The number of rotatable bonds is 5. The van der Waals surface area contributed by atoms with E-state index in [1.54, 1.807) is 0 Å². The van der Waals surface area contributed by atoms with Crippen molar-refractivity contribution in [3.63, 3.8) is 0 Å². The predicted molar refractivity (Wildman–Crippen MR) is 82.3 cm³/mol. The molecule has 1 aliphatic carbocycles. The van der Waals surface area contributed by atoms with Crippen LogP contribution in [0.1, 0.15) is 49.8 Å². The zero-order valence-corrected chi connectivity index (χ0v) is 12.5. The highest BCUT2D eigenvalue weighted by Crippen LogP contribution is 2.43. The van der Waals surface area contributed by atoms with E-state index in [0.29, 0.717) is 5.25 Å². The Hall–Kier alpha value is -0.180. The topological polar surface area (TPSA) is 26.0 Å². The highest BCUT2D eigenvalue weighted by molar-refractivity contribution is 8.00. The van der Waals surface area contributed by atoms with Gasteiger partial charge in [-0.2, -0.15) is 0 Å². The average Bonchev–Trinajstić information content (AvgIpc) is 2.89. The van der Waals surface area contributed by atoms with Crippen LogP contribution in [0.2, 0.25) is 5.02 Å². The average molecular weight is 284 g/mol. The number of benzene rings is 1. The van der Waals surface area contributed by atoms with Crippen LogP contribution in [0.5, 0.6) is 0 Å². The van der Waals surface area contributed by atoms with E-state index in [-0.39, 0.29) is 6.04 Å². The number of nitrogens with two attached hydrogens (primary N) is 1. The van der Waals surface area contributed by atoms with E-state index in [2.05, 4.69) is 19.1 Å². The van der Waals surface area contributed by atoms with Crippen molar-refractivity contribution in [1.29, 1.82) is 0 Å². The summed E-state index contributed by atoms with van der Waals surface area (Å²) in [6, 6.07) is 8.34. The Balaban J connectivity index is 2.16. The molecule has 0 bridgehead atoms. The van der Waals surface area contributed by atoms with Crippen LogP contribution in [-0.2, 0) is 0 Å². The monoisotopic (exact) mass is 283 g/mol. The van der Waals surface area contributed by atoms with Crippen molar-refractivity contribution in [1.82, 2.24) is 0 Å². The Bertz CT molecular complexity index is 377. The number of halogens is 1. The van der Waals surface area contributed by atoms with Crippen LogP contribution < -0.4 is 5.73 Å². The molecule has 2 rings (SSSR count). The standard InChI is InChI=1S/C15H22ClNS/c1-2-14(17)15(18-11-7-3-4-8-11)12-9-5-6-10-13(12)16/h5-6,9-11,14-15H,2-4,7-8,17H2,1H3. The smallest absolute Gasteiger partial charge is 0.0465 e. The molecule has 3 heteroatoms. The van der Waals surface area contributed by atoms with Gasteiger partial charge in [0.2, 0.25) is 0 Å². The third-order valence-electron chi connectivity index (χ3n) is 3.71. The summed E-state index contributed by atoms with van der Waals surface area (Å²) in [5.41, 5.74) is 7.53. The fraction of sp³-hybridized carbons (Fsp3) is 0.600. The van der Waals surface area contributed by atoms with Gasteiger partial charge in [-0.05, 0) is 30.9 Å². The molecule has 2 unspecified atom stereocenters. The highest BCUT2D eigenvalue weighted by atomic mass is 35.5. The predicted octanol–water partition coefficient (Wildman–Crippen LogP) is 4.79. The van der Waals surface area contributed by atoms with E-state index in [9.17, 15) is 0 Å². The highest BCUT2D eigenvalue weighted by Gasteiger charge is 2.26. The van der Waals surface area contributed by atoms with Gasteiger partial charge in [-0.3, -0.25) is 0 Å². The van der Waals surface area contributed by atoms with Crippen molar-refractivity contribution >= 4 is 23.4 Å². The fourth-order valence-corrected chi connectivity index (χ4v) is 4.64. The van der Waals surface area contributed by atoms with Crippen molar-refractivity contribution in [3.05, 3.63) is 34.9 Å². The van der Waals surface area contributed by atoms with Gasteiger partial charge in [-0.15, -0.1) is 11.8 Å². The zero-order valence-electron chi connectivity index (χ0n) is 10.9. The Morgan fingerprint density at radius 3 is 2.61 bits per heavy atom. The van der Waals surface area contributed by atoms with Crippen LogP contribution in [0.25, 0.3) is 0 Å². The Kier molecular flexibility index (Phi) is 5.40. The molecule has 2 atom stereocenters. The summed E-state index contributed by atoms with van der Waals surface area (Å²) in [5.74, 6) is 0. The minimum Gasteiger partial charge on any atom is -0.326 e. The first-order valence-electron chi connectivity index (χ1n) is 6.87. The Morgan fingerprint density at radius 1 is 1.33 bits per heavy atom. The summed E-state index contributed by atoms with van der Waals surface area (Å²) in [6.07, 6.45) is 6.41. The normalized spacial score (nSPS) is 19.9. The van der Waals surface area contributed by atoms with Gasteiger partial charge in [-0.1, -0.05) is 49.6 Å². The molecule has 1 aliphatic rings. The Labute approximate surface area is 119 Å². The van der Waals surface area contributed by atoms with Crippen molar-refractivity contribution in [2.75, 3.05) is 0 Å². The molecule has 0 radical (unpaired) electrons. The third kappa shape index (κ3) is 3.43. The molecule has 1 saturated carbocycles. The van der Waals surface area contributed by atoms with E-state index in [1.807, 2.05) is 23.9 Å². The van der Waals surface area contributed by atoms with Gasteiger partial charge in [-0.25, -0.2) is 0 Å². The van der Waals surface area contributed by atoms with Crippen molar-refractivity contribution in [3.8, 4) is 0 Å². The summed E-state index contributed by atoms with van der Waals surface area (Å²) in [5, 5.41) is 1.97. The maximum absolute atomic E-state index is 6.34. The molecular formula is C15H22ClNS. The molecule has 0 aromatic heterocycles. The molecule has 2 N–H and O–H groups in total. The van der Waals surface area contributed by atoms with Crippen LogP contribution in [0.4, 0.5) is 0 Å². The van der Waals surface area contributed by atoms with Crippen molar-refractivity contribution < 1.29 is 0 Å². The van der Waals surface area contributed by atoms with Crippen LogP contribution in [-0.4, -0.2) is 11.3 Å².